The summed E-state index contributed by atoms with van der Waals surface area (Å²) in [5.74, 6) is 1.66. The average molecular weight is 381 g/mol. The minimum Gasteiger partial charge on any atom is -0.472 e. The number of nitrogens with zero attached hydrogens (tertiary/aromatic N) is 4. The number of aliphatic hydroxyl groups excluding tert-OH is 1. The van der Waals surface area contributed by atoms with Crippen molar-refractivity contribution in [2.45, 2.75) is 33.0 Å². The lowest BCUT2D eigenvalue weighted by atomic mass is 10.2. The quantitative estimate of drug-likeness (QED) is 0.488. The summed E-state index contributed by atoms with van der Waals surface area (Å²) in [4.78, 5) is 16.9. The Kier molecular flexibility index (Phi) is 5.85. The van der Waals surface area contributed by atoms with E-state index in [2.05, 4.69) is 30.6 Å². The third-order valence-electron chi connectivity index (χ3n) is 3.98. The van der Waals surface area contributed by atoms with Gasteiger partial charge in [0, 0.05) is 29.3 Å². The van der Waals surface area contributed by atoms with Crippen LogP contribution in [0.5, 0.6) is 5.88 Å². The monoisotopic (exact) mass is 381 g/mol. The molecule has 0 bridgehead atoms. The maximum atomic E-state index is 9.62. The second-order valence-corrected chi connectivity index (χ2v) is 6.38. The molecule has 0 aliphatic rings. The molecule has 0 amide bonds. The maximum Gasteiger partial charge on any atom is 0.230 e. The van der Waals surface area contributed by atoms with Gasteiger partial charge in [-0.1, -0.05) is 0 Å². The Bertz CT molecular complexity index is 932. The fourth-order valence-electron chi connectivity index (χ4n) is 2.21. The van der Waals surface area contributed by atoms with Gasteiger partial charge in [-0.05, 0) is 51.1 Å². The van der Waals surface area contributed by atoms with Crippen LogP contribution in [0.2, 0.25) is 0 Å². The number of nitrogens with one attached hydrogen (secondary N) is 2. The molecule has 3 aromatic rings. The number of aliphatic hydroxyl groups is 1. The van der Waals surface area contributed by atoms with Crippen molar-refractivity contribution in [3.8, 4) is 5.88 Å². The van der Waals surface area contributed by atoms with E-state index in [9.17, 15) is 5.11 Å². The summed E-state index contributed by atoms with van der Waals surface area (Å²) in [6.07, 6.45) is 2.29. The fourth-order valence-corrected chi connectivity index (χ4v) is 2.21. The van der Waals surface area contributed by atoms with Gasteiger partial charge < -0.3 is 26.2 Å². The van der Waals surface area contributed by atoms with Crippen molar-refractivity contribution in [2.24, 2.45) is 0 Å². The molecule has 146 valence electrons. The molecule has 5 N–H and O–H groups in total. The summed E-state index contributed by atoms with van der Waals surface area (Å²) in [5.41, 5.74) is 8.06. The first-order chi connectivity index (χ1) is 13.4. The molecule has 2 atom stereocenters. The molecule has 3 rings (SSSR count). The van der Waals surface area contributed by atoms with Gasteiger partial charge in [-0.2, -0.15) is 9.97 Å². The van der Waals surface area contributed by atoms with Crippen LogP contribution >= 0.6 is 0 Å². The van der Waals surface area contributed by atoms with Gasteiger partial charge in [0.15, 0.2) is 0 Å². The number of hydrogen-bond donors (Lipinski definition) is 4. The van der Waals surface area contributed by atoms with E-state index in [1.165, 1.54) is 0 Å². The van der Waals surface area contributed by atoms with E-state index < -0.39 is 6.10 Å². The number of anilines is 5. The highest BCUT2D eigenvalue weighted by atomic mass is 16.5. The molecule has 28 heavy (non-hydrogen) atoms. The number of rotatable bonds is 7. The highest BCUT2D eigenvalue weighted by molar-refractivity contribution is 5.61. The number of nitrogens with two attached hydrogens (primary N) is 1. The minimum atomic E-state index is -0.602. The van der Waals surface area contributed by atoms with Crippen LogP contribution in [0, 0.1) is 6.92 Å². The van der Waals surface area contributed by atoms with Crippen molar-refractivity contribution in [2.75, 3.05) is 16.4 Å². The zero-order valence-electron chi connectivity index (χ0n) is 15.9. The molecule has 0 aliphatic heterocycles. The molecule has 0 fully saturated rings. The number of ether oxygens (including phenoxy) is 1. The lowest BCUT2D eigenvalue weighted by Gasteiger charge is -2.18. The van der Waals surface area contributed by atoms with E-state index >= 15 is 0 Å². The number of nitrogen functional groups attached to an aromatic ring is 1. The van der Waals surface area contributed by atoms with Crippen molar-refractivity contribution in [3.05, 3.63) is 48.3 Å². The smallest absolute Gasteiger partial charge is 0.230 e. The van der Waals surface area contributed by atoms with Gasteiger partial charge in [-0.3, -0.25) is 0 Å². The molecule has 9 heteroatoms. The molecule has 0 radical (unpaired) electrons. The van der Waals surface area contributed by atoms with Gasteiger partial charge in [-0.25, -0.2) is 9.97 Å². The molecule has 0 unspecified atom stereocenters. The summed E-state index contributed by atoms with van der Waals surface area (Å²) in [6, 6.07) is 9.11. The lowest BCUT2D eigenvalue weighted by molar-refractivity contribution is 0.0570. The highest BCUT2D eigenvalue weighted by Gasteiger charge is 2.14. The number of benzene rings is 1. The summed E-state index contributed by atoms with van der Waals surface area (Å²) < 4.78 is 5.70. The minimum absolute atomic E-state index is 0.374. The zero-order chi connectivity index (χ0) is 20.1. The molecule has 2 heterocycles. The van der Waals surface area contributed by atoms with Gasteiger partial charge >= 0.3 is 0 Å². The maximum absolute atomic E-state index is 9.62. The first kappa shape index (κ1) is 19.3. The second kappa shape index (κ2) is 8.49. The number of hydrogen-bond acceptors (Lipinski definition) is 9. The molecule has 0 spiro atoms. The summed E-state index contributed by atoms with van der Waals surface area (Å²) in [5, 5.41) is 15.8. The van der Waals surface area contributed by atoms with Gasteiger partial charge in [0.05, 0.1) is 6.10 Å². The molecular weight excluding hydrogens is 358 g/mol. The number of aryl methyl sites for hydroxylation is 1. The normalized spacial score (nSPS) is 12.9. The first-order valence-corrected chi connectivity index (χ1v) is 8.81. The summed E-state index contributed by atoms with van der Waals surface area (Å²) in [6.45, 7) is 5.31. The van der Waals surface area contributed by atoms with Crippen LogP contribution in [0.3, 0.4) is 0 Å². The average Bonchev–Trinajstić information content (AvgIpc) is 2.66. The van der Waals surface area contributed by atoms with Crippen LogP contribution in [0.25, 0.3) is 0 Å². The van der Waals surface area contributed by atoms with E-state index in [0.717, 1.165) is 16.9 Å². The Morgan fingerprint density at radius 1 is 0.964 bits per heavy atom. The summed E-state index contributed by atoms with van der Waals surface area (Å²) >= 11 is 0. The summed E-state index contributed by atoms with van der Waals surface area (Å²) in [7, 11) is 0. The van der Waals surface area contributed by atoms with Crippen LogP contribution in [0.1, 0.15) is 19.4 Å². The molecule has 2 aromatic heterocycles. The van der Waals surface area contributed by atoms with Crippen molar-refractivity contribution < 1.29 is 9.84 Å². The molecule has 0 saturated heterocycles. The molecular formula is C19H23N7O2. The van der Waals surface area contributed by atoms with Crippen LogP contribution in [0.4, 0.5) is 29.1 Å². The first-order valence-electron chi connectivity index (χ1n) is 8.81. The predicted octanol–water partition coefficient (Wildman–Crippen LogP) is 2.79. The second-order valence-electron chi connectivity index (χ2n) is 6.38. The van der Waals surface area contributed by atoms with E-state index in [1.54, 1.807) is 32.3 Å². The number of aromatic nitrogens is 4. The van der Waals surface area contributed by atoms with Gasteiger partial charge in [0.2, 0.25) is 17.8 Å². The Balaban J connectivity index is 1.68. The van der Waals surface area contributed by atoms with Crippen LogP contribution in [-0.2, 0) is 0 Å². The van der Waals surface area contributed by atoms with Crippen LogP contribution in [-0.4, -0.2) is 37.3 Å². The molecule has 0 saturated carbocycles. The standard InChI is InChI=1S/C19H23N7O2/c1-11-10-22-19(26-17(11)28-13(3)12(2)27)24-15-6-4-14(5-7-15)23-18-21-9-8-16(20)25-18/h4-10,12-13,27H,1-3H3,(H,22,24,26)(H3,20,21,23,25)/t12-,13-/m1/s1. The van der Waals surface area contributed by atoms with Gasteiger partial charge in [0.25, 0.3) is 0 Å². The Morgan fingerprint density at radius 3 is 2.14 bits per heavy atom. The van der Waals surface area contributed by atoms with E-state index in [4.69, 9.17) is 10.5 Å². The molecule has 9 nitrogen and oxygen atoms in total. The van der Waals surface area contributed by atoms with Crippen molar-refractivity contribution in [1.29, 1.82) is 0 Å². The SMILES string of the molecule is Cc1cnc(Nc2ccc(Nc3nccc(N)n3)cc2)nc1O[C@H](C)[C@@H](C)O. The van der Waals surface area contributed by atoms with E-state index in [-0.39, 0.29) is 6.10 Å². The van der Waals surface area contributed by atoms with Crippen LogP contribution in [0.15, 0.2) is 42.7 Å². The van der Waals surface area contributed by atoms with E-state index in [1.807, 2.05) is 31.2 Å². The molecule has 0 aliphatic carbocycles. The predicted molar refractivity (Wildman–Crippen MR) is 108 cm³/mol. The third-order valence-corrected chi connectivity index (χ3v) is 3.98. The van der Waals surface area contributed by atoms with Gasteiger partial charge in [-0.15, -0.1) is 0 Å². The Labute approximate surface area is 163 Å². The van der Waals surface area contributed by atoms with E-state index in [0.29, 0.717) is 23.6 Å². The third kappa shape index (κ3) is 5.04. The van der Waals surface area contributed by atoms with Crippen LogP contribution < -0.4 is 21.1 Å². The topological polar surface area (TPSA) is 131 Å². The Morgan fingerprint density at radius 2 is 1.57 bits per heavy atom. The van der Waals surface area contributed by atoms with Crippen molar-refractivity contribution >= 4 is 29.1 Å². The Hall–Kier alpha value is -3.46. The fraction of sp³-hybridized carbons (Fsp3) is 0.263. The largest absolute Gasteiger partial charge is 0.472 e. The van der Waals surface area contributed by atoms with Crippen molar-refractivity contribution in [1.82, 2.24) is 19.9 Å². The highest BCUT2D eigenvalue weighted by Crippen LogP contribution is 2.22. The molecule has 1 aromatic carbocycles. The zero-order valence-corrected chi connectivity index (χ0v) is 15.9. The lowest BCUT2D eigenvalue weighted by Crippen LogP contribution is -2.26. The van der Waals surface area contributed by atoms with Gasteiger partial charge in [0.1, 0.15) is 11.9 Å². The van der Waals surface area contributed by atoms with Crippen molar-refractivity contribution in [3.63, 3.8) is 0 Å².